The van der Waals surface area contributed by atoms with Crippen molar-refractivity contribution < 1.29 is 4.79 Å². The fourth-order valence-corrected chi connectivity index (χ4v) is 2.16. The van der Waals surface area contributed by atoms with Gasteiger partial charge in [0.2, 0.25) is 5.91 Å². The number of pyridine rings is 1. The van der Waals surface area contributed by atoms with Gasteiger partial charge in [-0.2, -0.15) is 0 Å². The van der Waals surface area contributed by atoms with Crippen molar-refractivity contribution in [2.45, 2.75) is 12.5 Å². The van der Waals surface area contributed by atoms with Gasteiger partial charge in [0.05, 0.1) is 11.9 Å². The van der Waals surface area contributed by atoms with Gasteiger partial charge in [-0.3, -0.25) is 4.79 Å². The average Bonchev–Trinajstić information content (AvgIpc) is 2.48. The van der Waals surface area contributed by atoms with Crippen LogP contribution >= 0.6 is 15.9 Å². The van der Waals surface area contributed by atoms with Crippen LogP contribution in [-0.2, 0) is 10.3 Å². The number of hydrogen-bond donors (Lipinski definition) is 2. The molecule has 22 heavy (non-hydrogen) atoms. The molecule has 1 unspecified atom stereocenters. The number of halogens is 1. The molecule has 0 saturated heterocycles. The van der Waals surface area contributed by atoms with Crippen LogP contribution < -0.4 is 16.0 Å². The number of rotatable bonds is 4. The molecule has 1 aromatic heterocycles. The molecule has 0 aliphatic carbocycles. The smallest absolute Gasteiger partial charge is 0.249 e. The number of amides is 1. The fourth-order valence-electron chi connectivity index (χ4n) is 1.90. The highest BCUT2D eigenvalue weighted by Gasteiger charge is 2.30. The van der Waals surface area contributed by atoms with Gasteiger partial charge in [-0.25, -0.2) is 4.98 Å². The molecular weight excluding hydrogens is 344 g/mol. The van der Waals surface area contributed by atoms with Crippen molar-refractivity contribution >= 4 is 33.3 Å². The Bertz CT molecular complexity index is 651. The van der Waals surface area contributed by atoms with Crippen LogP contribution in [0, 0.1) is 0 Å². The van der Waals surface area contributed by atoms with Crippen LogP contribution in [0.4, 0.5) is 11.5 Å². The third-order valence-electron chi connectivity index (χ3n) is 3.42. The summed E-state index contributed by atoms with van der Waals surface area (Å²) in [6.45, 7) is 1.68. The third kappa shape index (κ3) is 3.64. The number of hydrogen-bond acceptors (Lipinski definition) is 4. The molecule has 0 saturated carbocycles. The van der Waals surface area contributed by atoms with Gasteiger partial charge in [0.25, 0.3) is 0 Å². The zero-order valence-electron chi connectivity index (χ0n) is 12.8. The van der Waals surface area contributed by atoms with Crippen molar-refractivity contribution in [2.75, 3.05) is 24.3 Å². The third-order valence-corrected chi connectivity index (χ3v) is 3.95. The molecule has 0 fully saturated rings. The highest BCUT2D eigenvalue weighted by Crippen LogP contribution is 2.22. The standard InChI is InChI=1S/C16H19BrN4O/c1-16(18,11-4-6-12(17)7-5-11)15(22)20-14-9-8-13(10-19-14)21(2)3/h4-10H,18H2,1-3H3,(H,19,20,22). The van der Waals surface area contributed by atoms with Gasteiger partial charge in [-0.05, 0) is 36.8 Å². The van der Waals surface area contributed by atoms with Crippen LogP contribution in [0.2, 0.25) is 0 Å². The first-order valence-corrected chi connectivity index (χ1v) is 7.60. The molecule has 0 bridgehead atoms. The number of carbonyl (C=O) groups excluding carboxylic acids is 1. The Balaban J connectivity index is 2.15. The molecule has 5 nitrogen and oxygen atoms in total. The van der Waals surface area contributed by atoms with Gasteiger partial charge < -0.3 is 16.0 Å². The van der Waals surface area contributed by atoms with Crippen LogP contribution in [0.25, 0.3) is 0 Å². The zero-order chi connectivity index (χ0) is 16.3. The SMILES string of the molecule is CN(C)c1ccc(NC(=O)C(C)(N)c2ccc(Br)cc2)nc1. The van der Waals surface area contributed by atoms with E-state index in [0.717, 1.165) is 15.7 Å². The molecule has 2 rings (SSSR count). The normalized spacial score (nSPS) is 13.3. The molecule has 0 aliphatic heterocycles. The van der Waals surface area contributed by atoms with E-state index < -0.39 is 5.54 Å². The first-order valence-electron chi connectivity index (χ1n) is 6.80. The second-order valence-electron chi connectivity index (χ2n) is 5.46. The lowest BCUT2D eigenvalue weighted by Gasteiger charge is -2.24. The highest BCUT2D eigenvalue weighted by atomic mass is 79.9. The minimum Gasteiger partial charge on any atom is -0.376 e. The van der Waals surface area contributed by atoms with Gasteiger partial charge in [-0.1, -0.05) is 28.1 Å². The molecule has 1 amide bonds. The quantitative estimate of drug-likeness (QED) is 0.876. The summed E-state index contributed by atoms with van der Waals surface area (Å²) in [5, 5.41) is 2.76. The van der Waals surface area contributed by atoms with E-state index in [-0.39, 0.29) is 5.91 Å². The average molecular weight is 363 g/mol. The largest absolute Gasteiger partial charge is 0.376 e. The molecule has 3 N–H and O–H groups in total. The predicted octanol–water partition coefficient (Wildman–Crippen LogP) is 2.72. The number of nitrogens with one attached hydrogen (secondary N) is 1. The monoisotopic (exact) mass is 362 g/mol. The van der Waals surface area contributed by atoms with E-state index >= 15 is 0 Å². The Labute approximate surface area is 138 Å². The lowest BCUT2D eigenvalue weighted by Crippen LogP contribution is -2.45. The molecule has 6 heteroatoms. The maximum absolute atomic E-state index is 12.4. The molecule has 1 heterocycles. The number of benzene rings is 1. The number of nitrogens with zero attached hydrogens (tertiary/aromatic N) is 2. The summed E-state index contributed by atoms with van der Waals surface area (Å²) < 4.78 is 0.938. The Morgan fingerprint density at radius 3 is 2.36 bits per heavy atom. The van der Waals surface area contributed by atoms with Crippen molar-refractivity contribution in [3.8, 4) is 0 Å². The number of anilines is 2. The maximum atomic E-state index is 12.4. The fraction of sp³-hybridized carbons (Fsp3) is 0.250. The summed E-state index contributed by atoms with van der Waals surface area (Å²) in [6.07, 6.45) is 1.70. The second-order valence-corrected chi connectivity index (χ2v) is 6.38. The first-order chi connectivity index (χ1) is 10.3. The molecule has 1 aromatic carbocycles. The van der Waals surface area contributed by atoms with E-state index in [1.54, 1.807) is 19.2 Å². The molecule has 2 aromatic rings. The summed E-state index contributed by atoms with van der Waals surface area (Å²) in [5.74, 6) is 0.171. The molecule has 0 spiro atoms. The van der Waals surface area contributed by atoms with Crippen LogP contribution in [-0.4, -0.2) is 25.0 Å². The lowest BCUT2D eigenvalue weighted by molar-refractivity contribution is -0.120. The van der Waals surface area contributed by atoms with Gasteiger partial charge >= 0.3 is 0 Å². The topological polar surface area (TPSA) is 71.2 Å². The summed E-state index contributed by atoms with van der Waals surface area (Å²) in [4.78, 5) is 18.6. The van der Waals surface area contributed by atoms with E-state index in [2.05, 4.69) is 26.2 Å². The van der Waals surface area contributed by atoms with Gasteiger partial charge in [0.1, 0.15) is 11.4 Å². The molecule has 1 atom stereocenters. The van der Waals surface area contributed by atoms with Crippen molar-refractivity contribution in [1.82, 2.24) is 4.98 Å². The molecule has 116 valence electrons. The van der Waals surface area contributed by atoms with Crippen LogP contribution in [0.1, 0.15) is 12.5 Å². The van der Waals surface area contributed by atoms with Gasteiger partial charge in [0, 0.05) is 18.6 Å². The van der Waals surface area contributed by atoms with E-state index in [0.29, 0.717) is 5.82 Å². The summed E-state index contributed by atoms with van der Waals surface area (Å²) >= 11 is 3.37. The van der Waals surface area contributed by atoms with Crippen molar-refractivity contribution in [3.05, 3.63) is 52.6 Å². The minimum absolute atomic E-state index is 0.306. The highest BCUT2D eigenvalue weighted by molar-refractivity contribution is 9.10. The van der Waals surface area contributed by atoms with Crippen molar-refractivity contribution in [2.24, 2.45) is 5.73 Å². The van der Waals surface area contributed by atoms with Crippen LogP contribution in [0.15, 0.2) is 47.1 Å². The second kappa shape index (κ2) is 6.46. The van der Waals surface area contributed by atoms with E-state index in [1.165, 1.54) is 0 Å². The number of aromatic nitrogens is 1. The summed E-state index contributed by atoms with van der Waals surface area (Å²) in [6, 6.07) is 11.0. The van der Waals surface area contributed by atoms with Crippen LogP contribution in [0.3, 0.4) is 0 Å². The van der Waals surface area contributed by atoms with Crippen molar-refractivity contribution in [3.63, 3.8) is 0 Å². The Kier molecular flexibility index (Phi) is 4.83. The Hall–Kier alpha value is -1.92. The zero-order valence-corrected chi connectivity index (χ0v) is 14.4. The number of carbonyl (C=O) groups is 1. The predicted molar refractivity (Wildman–Crippen MR) is 92.9 cm³/mol. The van der Waals surface area contributed by atoms with Gasteiger partial charge in [0.15, 0.2) is 0 Å². The lowest BCUT2D eigenvalue weighted by atomic mass is 9.92. The van der Waals surface area contributed by atoms with E-state index in [1.807, 2.05) is 49.3 Å². The minimum atomic E-state index is -1.14. The summed E-state index contributed by atoms with van der Waals surface area (Å²) in [7, 11) is 3.86. The van der Waals surface area contributed by atoms with E-state index in [9.17, 15) is 4.79 Å². The number of nitrogens with two attached hydrogens (primary N) is 1. The summed E-state index contributed by atoms with van der Waals surface area (Å²) in [5.41, 5.74) is 6.75. The Morgan fingerprint density at radius 2 is 1.86 bits per heavy atom. The van der Waals surface area contributed by atoms with E-state index in [4.69, 9.17) is 5.73 Å². The first kappa shape index (κ1) is 16.5. The molecular formula is C16H19BrN4O. The van der Waals surface area contributed by atoms with Crippen molar-refractivity contribution in [1.29, 1.82) is 0 Å². The molecule has 0 radical (unpaired) electrons. The van der Waals surface area contributed by atoms with Crippen LogP contribution in [0.5, 0.6) is 0 Å². The molecule has 0 aliphatic rings. The Morgan fingerprint density at radius 1 is 1.23 bits per heavy atom. The van der Waals surface area contributed by atoms with Gasteiger partial charge in [-0.15, -0.1) is 0 Å². The maximum Gasteiger partial charge on any atom is 0.249 e.